The van der Waals surface area contributed by atoms with E-state index in [-0.39, 0.29) is 30.0 Å². The zero-order chi connectivity index (χ0) is 18.7. The summed E-state index contributed by atoms with van der Waals surface area (Å²) in [6.45, 7) is 4.68. The highest BCUT2D eigenvalue weighted by Crippen LogP contribution is 2.47. The normalized spacial score (nSPS) is 20.7. The molecular weight excluding hydrogens is 465 g/mol. The zero-order valence-corrected chi connectivity index (χ0v) is 19.1. The second kappa shape index (κ2) is 9.33. The van der Waals surface area contributed by atoms with Crippen LogP contribution < -0.4 is 10.6 Å². The molecule has 0 radical (unpaired) electrons. The van der Waals surface area contributed by atoms with Gasteiger partial charge in [-0.25, -0.2) is 4.79 Å². The summed E-state index contributed by atoms with van der Waals surface area (Å²) in [6.07, 6.45) is 7.64. The van der Waals surface area contributed by atoms with Gasteiger partial charge in [0.1, 0.15) is 0 Å². The number of hydrogen-bond donors (Lipinski definition) is 2. The second-order valence-corrected chi connectivity index (χ2v) is 8.25. The predicted molar refractivity (Wildman–Crippen MR) is 124 cm³/mol. The molecule has 1 aromatic rings. The van der Waals surface area contributed by atoms with E-state index in [2.05, 4.69) is 26.6 Å². The molecule has 0 bridgehead atoms. The average molecular weight is 497 g/mol. The van der Waals surface area contributed by atoms with Crippen LogP contribution in [0.4, 0.5) is 10.5 Å². The van der Waals surface area contributed by atoms with E-state index in [1.165, 1.54) is 25.7 Å². The Morgan fingerprint density at radius 3 is 2.54 bits per heavy atom. The SMILES string of the molecule is CN=C(NCc1cccc(NC(=O)N2CCCC2)c1)N1CCC2(CCC2)C1.I. The number of rotatable bonds is 3. The molecular formula is C21H32IN5O. The van der Waals surface area contributed by atoms with E-state index in [1.54, 1.807) is 0 Å². The van der Waals surface area contributed by atoms with Crippen molar-refractivity contribution in [2.45, 2.75) is 45.1 Å². The lowest BCUT2D eigenvalue weighted by atomic mass is 9.68. The first-order valence-electron chi connectivity index (χ1n) is 10.3. The first-order chi connectivity index (χ1) is 13.2. The lowest BCUT2D eigenvalue weighted by Gasteiger charge is -2.38. The molecule has 0 atom stereocenters. The predicted octanol–water partition coefficient (Wildman–Crippen LogP) is 3.88. The molecule has 0 unspecified atom stereocenters. The molecule has 2 saturated heterocycles. The van der Waals surface area contributed by atoms with Gasteiger partial charge in [0, 0.05) is 45.5 Å². The summed E-state index contributed by atoms with van der Waals surface area (Å²) in [5.74, 6) is 0.991. The van der Waals surface area contributed by atoms with Crippen molar-refractivity contribution in [2.75, 3.05) is 38.5 Å². The Labute approximate surface area is 185 Å². The van der Waals surface area contributed by atoms with Crippen LogP contribution in [0.15, 0.2) is 29.3 Å². The highest BCUT2D eigenvalue weighted by molar-refractivity contribution is 14.0. The molecule has 2 N–H and O–H groups in total. The maximum absolute atomic E-state index is 12.3. The van der Waals surface area contributed by atoms with Crippen LogP contribution in [0.3, 0.4) is 0 Å². The minimum absolute atomic E-state index is 0. The third-order valence-electron chi connectivity index (χ3n) is 6.39. The monoisotopic (exact) mass is 497 g/mol. The van der Waals surface area contributed by atoms with Crippen molar-refractivity contribution in [1.82, 2.24) is 15.1 Å². The summed E-state index contributed by atoms with van der Waals surface area (Å²) in [5.41, 5.74) is 2.57. The molecule has 0 aromatic heterocycles. The smallest absolute Gasteiger partial charge is 0.321 e. The lowest BCUT2D eigenvalue weighted by Crippen LogP contribution is -2.42. The number of nitrogens with one attached hydrogen (secondary N) is 2. The molecule has 3 fully saturated rings. The Bertz CT molecular complexity index is 713. The van der Waals surface area contributed by atoms with Crippen molar-refractivity contribution < 1.29 is 4.79 Å². The van der Waals surface area contributed by atoms with Gasteiger partial charge in [0.2, 0.25) is 0 Å². The summed E-state index contributed by atoms with van der Waals surface area (Å²) in [6, 6.07) is 8.09. The zero-order valence-electron chi connectivity index (χ0n) is 16.7. The van der Waals surface area contributed by atoms with Gasteiger partial charge in [-0.2, -0.15) is 0 Å². The molecule has 1 spiro atoms. The minimum Gasteiger partial charge on any atom is -0.352 e. The van der Waals surface area contributed by atoms with Gasteiger partial charge >= 0.3 is 6.03 Å². The van der Waals surface area contributed by atoms with E-state index in [1.807, 2.05) is 30.1 Å². The third kappa shape index (κ3) is 4.72. The van der Waals surface area contributed by atoms with Crippen molar-refractivity contribution in [3.8, 4) is 0 Å². The summed E-state index contributed by atoms with van der Waals surface area (Å²) < 4.78 is 0. The van der Waals surface area contributed by atoms with Gasteiger partial charge in [0.05, 0.1) is 0 Å². The summed E-state index contributed by atoms with van der Waals surface area (Å²) in [4.78, 5) is 21.1. The number of urea groups is 1. The van der Waals surface area contributed by atoms with Crippen LogP contribution in [0.5, 0.6) is 0 Å². The Balaban J connectivity index is 0.00000225. The molecule has 2 amide bonds. The van der Waals surface area contributed by atoms with Gasteiger partial charge < -0.3 is 20.4 Å². The van der Waals surface area contributed by atoms with Gasteiger partial charge in [-0.1, -0.05) is 18.6 Å². The van der Waals surface area contributed by atoms with Gasteiger partial charge in [-0.15, -0.1) is 24.0 Å². The van der Waals surface area contributed by atoms with Crippen LogP contribution in [-0.2, 0) is 6.54 Å². The number of carbonyl (C=O) groups is 1. The number of benzene rings is 1. The fourth-order valence-electron chi connectivity index (χ4n) is 4.60. The number of aliphatic imine (C=N–C) groups is 1. The molecule has 154 valence electrons. The van der Waals surface area contributed by atoms with Crippen molar-refractivity contribution in [3.63, 3.8) is 0 Å². The summed E-state index contributed by atoms with van der Waals surface area (Å²) in [7, 11) is 1.86. The van der Waals surface area contributed by atoms with E-state index in [9.17, 15) is 4.79 Å². The fourth-order valence-corrected chi connectivity index (χ4v) is 4.60. The molecule has 3 aliphatic rings. The number of anilines is 1. The number of nitrogens with zero attached hydrogens (tertiary/aromatic N) is 3. The van der Waals surface area contributed by atoms with Crippen LogP contribution in [0, 0.1) is 5.41 Å². The van der Waals surface area contributed by atoms with Crippen LogP contribution in [0.25, 0.3) is 0 Å². The average Bonchev–Trinajstić information content (AvgIpc) is 3.33. The number of amides is 2. The highest BCUT2D eigenvalue weighted by atomic mass is 127. The molecule has 1 aliphatic carbocycles. The van der Waals surface area contributed by atoms with E-state index in [0.717, 1.165) is 56.2 Å². The lowest BCUT2D eigenvalue weighted by molar-refractivity contribution is 0.151. The van der Waals surface area contributed by atoms with Crippen LogP contribution in [-0.4, -0.2) is 55.0 Å². The van der Waals surface area contributed by atoms with Gasteiger partial charge in [-0.3, -0.25) is 4.99 Å². The first-order valence-corrected chi connectivity index (χ1v) is 10.3. The molecule has 1 saturated carbocycles. The van der Waals surface area contributed by atoms with Gasteiger partial charge in [-0.05, 0) is 55.2 Å². The van der Waals surface area contributed by atoms with E-state index in [0.29, 0.717) is 12.0 Å². The maximum Gasteiger partial charge on any atom is 0.321 e. The molecule has 2 heterocycles. The largest absolute Gasteiger partial charge is 0.352 e. The molecule has 7 heteroatoms. The minimum atomic E-state index is 0. The highest BCUT2D eigenvalue weighted by Gasteiger charge is 2.43. The molecule has 28 heavy (non-hydrogen) atoms. The number of halogens is 1. The van der Waals surface area contributed by atoms with Crippen LogP contribution in [0.2, 0.25) is 0 Å². The van der Waals surface area contributed by atoms with E-state index in [4.69, 9.17) is 0 Å². The standard InChI is InChI=1S/C21H31N5O.HI/c1-22-19(26-13-10-21(16-26)8-5-9-21)23-15-17-6-4-7-18(14-17)24-20(27)25-11-2-3-12-25;/h4,6-7,14H,2-3,5,8-13,15-16H2,1H3,(H,22,23)(H,24,27);1H. The Hall–Kier alpha value is -1.51. The van der Waals surface area contributed by atoms with Crippen molar-refractivity contribution in [1.29, 1.82) is 0 Å². The second-order valence-electron chi connectivity index (χ2n) is 8.25. The molecule has 6 nitrogen and oxygen atoms in total. The summed E-state index contributed by atoms with van der Waals surface area (Å²) >= 11 is 0. The van der Waals surface area contributed by atoms with Crippen molar-refractivity contribution >= 4 is 41.7 Å². The van der Waals surface area contributed by atoms with Crippen LogP contribution >= 0.6 is 24.0 Å². The molecule has 4 rings (SSSR count). The van der Waals surface area contributed by atoms with E-state index < -0.39 is 0 Å². The van der Waals surface area contributed by atoms with Gasteiger partial charge in [0.15, 0.2) is 5.96 Å². The maximum atomic E-state index is 12.3. The molecule has 1 aromatic carbocycles. The topological polar surface area (TPSA) is 60.0 Å². The number of carbonyl (C=O) groups excluding carboxylic acids is 1. The van der Waals surface area contributed by atoms with Crippen LogP contribution in [0.1, 0.15) is 44.1 Å². The Kier molecular flexibility index (Phi) is 7.06. The summed E-state index contributed by atoms with van der Waals surface area (Å²) in [5, 5.41) is 6.53. The first kappa shape index (κ1) is 21.2. The quantitative estimate of drug-likeness (QED) is 0.379. The third-order valence-corrected chi connectivity index (χ3v) is 6.39. The van der Waals surface area contributed by atoms with Crippen molar-refractivity contribution in [3.05, 3.63) is 29.8 Å². The Morgan fingerprint density at radius 2 is 1.89 bits per heavy atom. The number of likely N-dealkylation sites (tertiary alicyclic amines) is 2. The van der Waals surface area contributed by atoms with E-state index >= 15 is 0 Å². The number of hydrogen-bond acceptors (Lipinski definition) is 2. The number of guanidine groups is 1. The van der Waals surface area contributed by atoms with Gasteiger partial charge in [0.25, 0.3) is 0 Å². The Morgan fingerprint density at radius 1 is 1.11 bits per heavy atom. The fraction of sp³-hybridized carbons (Fsp3) is 0.619. The van der Waals surface area contributed by atoms with Crippen molar-refractivity contribution in [2.24, 2.45) is 10.4 Å². The molecule has 2 aliphatic heterocycles.